The molecule has 0 unspecified atom stereocenters. The number of nitrogens with one attached hydrogen (secondary N) is 1. The minimum Gasteiger partial charge on any atom is -1.00 e. The number of phosphoric acid groups is 1. The van der Waals surface area contributed by atoms with Gasteiger partial charge in [-0.3, -0.25) is 9.79 Å². The summed E-state index contributed by atoms with van der Waals surface area (Å²) in [7, 11) is -4.71. The number of hydrogen-bond acceptors (Lipinski definition) is 3. The molecule has 0 spiro atoms. The summed E-state index contributed by atoms with van der Waals surface area (Å²) < 4.78 is 13.6. The van der Waals surface area contributed by atoms with Crippen molar-refractivity contribution in [3.05, 3.63) is 12.7 Å². The number of amides is 1. The van der Waals surface area contributed by atoms with E-state index in [1.165, 1.54) is 6.08 Å². The van der Waals surface area contributed by atoms with E-state index < -0.39 is 13.9 Å². The minimum atomic E-state index is -4.71. The van der Waals surface area contributed by atoms with Crippen LogP contribution in [0.25, 0.3) is 0 Å². The maximum absolute atomic E-state index is 10.3. The van der Waals surface area contributed by atoms with E-state index in [0.717, 1.165) is 0 Å². The second-order valence-corrected chi connectivity index (χ2v) is 2.70. The first kappa shape index (κ1) is 14.3. The Morgan fingerprint density at radius 1 is 1.75 bits per heavy atom. The predicted octanol–water partition coefficient (Wildman–Crippen LogP) is -2.89. The molecular weight excluding hydrogens is 180 g/mol. The molecule has 3 N–H and O–H groups in total. The minimum absolute atomic E-state index is 0. The summed E-state index contributed by atoms with van der Waals surface area (Å²) in [4.78, 5) is 26.5. The Kier molecular flexibility index (Phi) is 7.49. The zero-order chi connectivity index (χ0) is 8.91. The molecule has 0 rings (SSSR count). The van der Waals surface area contributed by atoms with Crippen LogP contribution in [0.5, 0.6) is 0 Å². The Bertz CT molecular complexity index is 207. The maximum Gasteiger partial charge on any atom is 1.00 e. The average Bonchev–Trinajstić information content (AvgIpc) is 1.79. The standard InChI is InChI=1S/C4H8NO5P.Li.H/c1-2-3-5-4(6)10-11(7,8)9;;/h2H,1,3H2,(H,5,6)(H2,7,8,9);;/q;+1;-1. The third-order valence-electron chi connectivity index (χ3n) is 0.593. The van der Waals surface area contributed by atoms with Crippen LogP contribution in [-0.2, 0) is 9.09 Å². The van der Waals surface area contributed by atoms with Crippen molar-refractivity contribution in [3.63, 3.8) is 0 Å². The van der Waals surface area contributed by atoms with Crippen molar-refractivity contribution in [1.82, 2.24) is 5.32 Å². The normalized spacial score (nSPS) is 9.50. The number of carbonyl (C=O) groups is 1. The molecule has 0 aromatic heterocycles. The molecule has 0 aliphatic rings. The Morgan fingerprint density at radius 2 is 2.25 bits per heavy atom. The van der Waals surface area contributed by atoms with E-state index in [1.54, 1.807) is 0 Å². The largest absolute Gasteiger partial charge is 1.00 e. The Labute approximate surface area is 82.9 Å². The fraction of sp³-hybridized carbons (Fsp3) is 0.250. The summed E-state index contributed by atoms with van der Waals surface area (Å²) in [5, 5.41) is 2.02. The summed E-state index contributed by atoms with van der Waals surface area (Å²) >= 11 is 0. The van der Waals surface area contributed by atoms with Crippen LogP contribution in [0.15, 0.2) is 12.7 Å². The predicted molar refractivity (Wildman–Crippen MR) is 37.8 cm³/mol. The van der Waals surface area contributed by atoms with Crippen LogP contribution < -0.4 is 24.2 Å². The fourth-order valence-electron chi connectivity index (χ4n) is 0.296. The van der Waals surface area contributed by atoms with Crippen molar-refractivity contribution in [2.45, 2.75) is 0 Å². The van der Waals surface area contributed by atoms with E-state index in [9.17, 15) is 9.36 Å². The van der Waals surface area contributed by atoms with E-state index >= 15 is 0 Å². The topological polar surface area (TPSA) is 95.9 Å². The van der Waals surface area contributed by atoms with Crippen molar-refractivity contribution in [2.24, 2.45) is 0 Å². The molecule has 0 radical (unpaired) electrons. The van der Waals surface area contributed by atoms with E-state index in [-0.39, 0.29) is 26.8 Å². The SMILES string of the molecule is C=CCNC(=O)OP(=O)(O)O.[H-].[Li+]. The molecule has 0 heterocycles. The molecule has 6 nitrogen and oxygen atoms in total. The summed E-state index contributed by atoms with van der Waals surface area (Å²) in [6.07, 6.45) is 0.180. The smallest absolute Gasteiger partial charge is 1.00 e. The van der Waals surface area contributed by atoms with Gasteiger partial charge in [-0.05, 0) is 0 Å². The van der Waals surface area contributed by atoms with Crippen molar-refractivity contribution in [1.29, 1.82) is 0 Å². The molecule has 1 amide bonds. The quantitative estimate of drug-likeness (QED) is 0.251. The first-order chi connectivity index (χ1) is 4.95. The van der Waals surface area contributed by atoms with Gasteiger partial charge in [0.05, 0.1) is 0 Å². The van der Waals surface area contributed by atoms with Crippen molar-refractivity contribution in [2.75, 3.05) is 6.54 Å². The second kappa shape index (κ2) is 6.29. The summed E-state index contributed by atoms with van der Waals surface area (Å²) in [6.45, 7) is 3.36. The van der Waals surface area contributed by atoms with Crippen LogP contribution in [0.3, 0.4) is 0 Å². The van der Waals surface area contributed by atoms with Gasteiger partial charge in [-0.1, -0.05) is 6.08 Å². The zero-order valence-corrected chi connectivity index (χ0v) is 7.45. The maximum atomic E-state index is 10.3. The van der Waals surface area contributed by atoms with Gasteiger partial charge < -0.3 is 11.3 Å². The van der Waals surface area contributed by atoms with Gasteiger partial charge in [0, 0.05) is 6.54 Å². The number of hydrogen-bond donors (Lipinski definition) is 3. The van der Waals surface area contributed by atoms with Gasteiger partial charge in [-0.15, -0.1) is 6.58 Å². The molecule has 66 valence electrons. The van der Waals surface area contributed by atoms with E-state index in [2.05, 4.69) is 11.1 Å². The molecule has 0 aromatic carbocycles. The van der Waals surface area contributed by atoms with Crippen LogP contribution in [-0.4, -0.2) is 22.4 Å². The second-order valence-electron chi connectivity index (χ2n) is 1.54. The van der Waals surface area contributed by atoms with Crippen LogP contribution in [0.2, 0.25) is 0 Å². The Balaban J connectivity index is -0.000000500. The molecular formula is C4H9LiNO5P. The van der Waals surface area contributed by atoms with Gasteiger partial charge in [0.15, 0.2) is 0 Å². The zero-order valence-electron chi connectivity index (χ0n) is 7.56. The summed E-state index contributed by atoms with van der Waals surface area (Å²) in [5.74, 6) is 0. The average molecular weight is 189 g/mol. The monoisotopic (exact) mass is 189 g/mol. The third-order valence-corrected chi connectivity index (χ3v) is 0.996. The van der Waals surface area contributed by atoms with Crippen molar-refractivity contribution >= 4 is 13.9 Å². The number of carbonyl (C=O) groups excluding carboxylic acids is 1. The molecule has 0 aromatic rings. The molecule has 0 aliphatic heterocycles. The van der Waals surface area contributed by atoms with Crippen LogP contribution in [0.1, 0.15) is 1.43 Å². The van der Waals surface area contributed by atoms with Gasteiger partial charge in [-0.25, -0.2) is 9.36 Å². The summed E-state index contributed by atoms with van der Waals surface area (Å²) in [6, 6.07) is 0. The molecule has 0 bridgehead atoms. The van der Waals surface area contributed by atoms with Crippen molar-refractivity contribution < 1.29 is 44.0 Å². The Hall–Kier alpha value is -0.243. The van der Waals surface area contributed by atoms with Gasteiger partial charge in [0.2, 0.25) is 0 Å². The van der Waals surface area contributed by atoms with Gasteiger partial charge >= 0.3 is 32.8 Å². The molecule has 12 heavy (non-hydrogen) atoms. The van der Waals surface area contributed by atoms with Crippen LogP contribution in [0, 0.1) is 0 Å². The Morgan fingerprint density at radius 3 is 2.58 bits per heavy atom. The van der Waals surface area contributed by atoms with Crippen LogP contribution in [0.4, 0.5) is 4.79 Å². The van der Waals surface area contributed by atoms with Crippen LogP contribution >= 0.6 is 7.82 Å². The number of phosphoric ester groups is 1. The van der Waals surface area contributed by atoms with E-state index in [1.807, 2.05) is 5.32 Å². The number of rotatable bonds is 3. The van der Waals surface area contributed by atoms with E-state index in [4.69, 9.17) is 9.79 Å². The first-order valence-corrected chi connectivity index (χ1v) is 4.12. The van der Waals surface area contributed by atoms with Crippen molar-refractivity contribution in [3.8, 4) is 0 Å². The summed E-state index contributed by atoms with van der Waals surface area (Å²) in [5.41, 5.74) is 0. The molecule has 8 heteroatoms. The van der Waals surface area contributed by atoms with Gasteiger partial charge in [0.25, 0.3) is 0 Å². The molecule has 0 atom stereocenters. The third kappa shape index (κ3) is 9.76. The molecule has 0 saturated carbocycles. The van der Waals surface area contributed by atoms with Gasteiger partial charge in [0.1, 0.15) is 0 Å². The van der Waals surface area contributed by atoms with Gasteiger partial charge in [-0.2, -0.15) is 0 Å². The molecule has 0 fully saturated rings. The fourth-order valence-corrected chi connectivity index (χ4v) is 0.576. The van der Waals surface area contributed by atoms with E-state index in [0.29, 0.717) is 0 Å². The molecule has 0 saturated heterocycles. The molecule has 0 aliphatic carbocycles. The first-order valence-electron chi connectivity index (χ1n) is 2.59.